The lowest BCUT2D eigenvalue weighted by atomic mass is 9.93. The fourth-order valence-electron chi connectivity index (χ4n) is 2.45. The van der Waals surface area contributed by atoms with Crippen LogP contribution in [-0.4, -0.2) is 23.8 Å². The zero-order chi connectivity index (χ0) is 14.9. The number of carbonyl (C=O) groups is 1. The molecule has 0 saturated carbocycles. The second-order valence-corrected chi connectivity index (χ2v) is 5.29. The summed E-state index contributed by atoms with van der Waals surface area (Å²) in [5.41, 5.74) is 0.0107. The van der Waals surface area contributed by atoms with Crippen molar-refractivity contribution in [3.8, 4) is 0 Å². The molecule has 0 unspecified atom stereocenters. The number of benzene rings is 1. The molecule has 0 N–H and O–H groups in total. The number of carbonyl (C=O) groups excluding carboxylic acids is 1. The van der Waals surface area contributed by atoms with Gasteiger partial charge in [-0.05, 0) is 19.8 Å². The maximum atomic E-state index is 13.5. The van der Waals surface area contributed by atoms with Crippen molar-refractivity contribution in [2.75, 3.05) is 18.0 Å². The second kappa shape index (κ2) is 5.75. The van der Waals surface area contributed by atoms with Crippen LogP contribution >= 0.6 is 11.6 Å². The number of ketones is 1. The number of anilines is 1. The number of nitrogens with zero attached hydrogens (tertiary/aromatic N) is 2. The molecule has 20 heavy (non-hydrogen) atoms. The molecule has 1 aromatic carbocycles. The lowest BCUT2D eigenvalue weighted by Crippen LogP contribution is -2.36. The highest BCUT2D eigenvalue weighted by molar-refractivity contribution is 6.31. The van der Waals surface area contributed by atoms with Crippen LogP contribution in [0.2, 0.25) is 5.02 Å². The summed E-state index contributed by atoms with van der Waals surface area (Å²) in [5.74, 6) is -0.565. The molecular weight excluding hydrogens is 287 g/mol. The van der Waals surface area contributed by atoms with Crippen molar-refractivity contribution in [1.82, 2.24) is 0 Å². The van der Waals surface area contributed by atoms with Gasteiger partial charge in [-0.15, -0.1) is 0 Å². The summed E-state index contributed by atoms with van der Waals surface area (Å²) in [7, 11) is 0. The largest absolute Gasteiger partial charge is 0.366 e. The van der Waals surface area contributed by atoms with E-state index in [1.54, 1.807) is 11.8 Å². The summed E-state index contributed by atoms with van der Waals surface area (Å²) in [4.78, 5) is 23.5. The number of hydrogen-bond acceptors (Lipinski definition) is 4. The highest BCUT2D eigenvalue weighted by Gasteiger charge is 2.27. The molecule has 0 atom stereocenters. The van der Waals surface area contributed by atoms with Crippen LogP contribution in [0.1, 0.15) is 19.8 Å². The van der Waals surface area contributed by atoms with Crippen molar-refractivity contribution >= 4 is 28.8 Å². The number of nitro groups is 1. The summed E-state index contributed by atoms with van der Waals surface area (Å²) in [6.45, 7) is 2.53. The first-order valence-corrected chi connectivity index (χ1v) is 6.66. The monoisotopic (exact) mass is 300 g/mol. The van der Waals surface area contributed by atoms with Crippen LogP contribution in [0.15, 0.2) is 12.1 Å². The van der Waals surface area contributed by atoms with Crippen molar-refractivity contribution in [2.45, 2.75) is 19.8 Å². The van der Waals surface area contributed by atoms with Gasteiger partial charge in [-0.25, -0.2) is 4.39 Å². The zero-order valence-corrected chi connectivity index (χ0v) is 11.7. The lowest BCUT2D eigenvalue weighted by molar-refractivity contribution is -0.384. The molecule has 2 rings (SSSR count). The van der Waals surface area contributed by atoms with E-state index in [0.29, 0.717) is 25.9 Å². The lowest BCUT2D eigenvalue weighted by Gasteiger charge is -2.32. The topological polar surface area (TPSA) is 63.5 Å². The van der Waals surface area contributed by atoms with E-state index in [4.69, 9.17) is 11.6 Å². The second-order valence-electron chi connectivity index (χ2n) is 4.88. The maximum Gasteiger partial charge on any atom is 0.294 e. The van der Waals surface area contributed by atoms with Crippen LogP contribution in [-0.2, 0) is 4.79 Å². The van der Waals surface area contributed by atoms with Crippen molar-refractivity contribution in [1.29, 1.82) is 0 Å². The molecule has 5 nitrogen and oxygen atoms in total. The standard InChI is InChI=1S/C13H14ClFN2O3/c1-8(18)9-2-4-16(5-3-9)12-7-11(15)10(14)6-13(12)17(19)20/h6-7,9H,2-5H2,1H3. The maximum absolute atomic E-state index is 13.5. The first kappa shape index (κ1) is 14.7. The van der Waals surface area contributed by atoms with E-state index in [-0.39, 0.29) is 28.1 Å². The Morgan fingerprint density at radius 1 is 1.45 bits per heavy atom. The zero-order valence-electron chi connectivity index (χ0n) is 10.9. The van der Waals surface area contributed by atoms with E-state index in [1.165, 1.54) is 0 Å². The Labute approximate surface area is 120 Å². The molecule has 0 bridgehead atoms. The van der Waals surface area contributed by atoms with E-state index < -0.39 is 10.7 Å². The third kappa shape index (κ3) is 2.90. The highest BCUT2D eigenvalue weighted by atomic mass is 35.5. The molecule has 1 aromatic rings. The molecule has 1 fully saturated rings. The fraction of sp³-hybridized carbons (Fsp3) is 0.462. The number of Topliss-reactive ketones (excluding diaryl/α,β-unsaturated/α-hetero) is 1. The fourth-order valence-corrected chi connectivity index (χ4v) is 2.61. The molecule has 0 aromatic heterocycles. The van der Waals surface area contributed by atoms with Gasteiger partial charge >= 0.3 is 0 Å². The van der Waals surface area contributed by atoms with Crippen LogP contribution in [0.3, 0.4) is 0 Å². The molecule has 0 aliphatic carbocycles. The van der Waals surface area contributed by atoms with Crippen LogP contribution in [0.25, 0.3) is 0 Å². The van der Waals surface area contributed by atoms with Crippen LogP contribution < -0.4 is 4.90 Å². The van der Waals surface area contributed by atoms with E-state index in [2.05, 4.69) is 0 Å². The van der Waals surface area contributed by atoms with Gasteiger partial charge in [0.1, 0.15) is 17.3 Å². The first-order valence-electron chi connectivity index (χ1n) is 6.29. The van der Waals surface area contributed by atoms with Gasteiger partial charge in [-0.1, -0.05) is 11.6 Å². The van der Waals surface area contributed by atoms with Crippen LogP contribution in [0.4, 0.5) is 15.8 Å². The minimum Gasteiger partial charge on any atom is -0.366 e. The smallest absolute Gasteiger partial charge is 0.294 e. The van der Waals surface area contributed by atoms with Gasteiger partial charge in [0.15, 0.2) is 0 Å². The van der Waals surface area contributed by atoms with Crippen molar-refractivity contribution < 1.29 is 14.1 Å². The van der Waals surface area contributed by atoms with E-state index in [1.807, 2.05) is 0 Å². The summed E-state index contributed by atoms with van der Waals surface area (Å²) in [5, 5.41) is 10.8. The number of piperidine rings is 1. The quantitative estimate of drug-likeness (QED) is 0.635. The van der Waals surface area contributed by atoms with E-state index >= 15 is 0 Å². The number of nitro benzene ring substituents is 1. The molecule has 7 heteroatoms. The van der Waals surface area contributed by atoms with Gasteiger partial charge in [0.05, 0.1) is 9.95 Å². The van der Waals surface area contributed by atoms with Gasteiger partial charge in [0.25, 0.3) is 5.69 Å². The third-order valence-electron chi connectivity index (χ3n) is 3.62. The molecule has 1 saturated heterocycles. The molecule has 0 spiro atoms. The minimum atomic E-state index is -0.680. The third-order valence-corrected chi connectivity index (χ3v) is 3.91. The number of hydrogen-bond donors (Lipinski definition) is 0. The van der Waals surface area contributed by atoms with Gasteiger partial charge in [-0.3, -0.25) is 14.9 Å². The molecular formula is C13H14ClFN2O3. The number of rotatable bonds is 3. The molecule has 1 aliphatic heterocycles. The van der Waals surface area contributed by atoms with Crippen molar-refractivity contribution in [2.24, 2.45) is 5.92 Å². The SMILES string of the molecule is CC(=O)C1CCN(c2cc(F)c(Cl)cc2[N+](=O)[O-])CC1. The highest BCUT2D eigenvalue weighted by Crippen LogP contribution is 2.35. The Morgan fingerprint density at radius 2 is 2.05 bits per heavy atom. The molecule has 0 radical (unpaired) electrons. The van der Waals surface area contributed by atoms with E-state index in [9.17, 15) is 19.3 Å². The Morgan fingerprint density at radius 3 is 2.55 bits per heavy atom. The predicted octanol–water partition coefficient (Wildman–Crippen LogP) is 3.19. The normalized spacial score (nSPS) is 16.2. The van der Waals surface area contributed by atoms with Gasteiger partial charge in [-0.2, -0.15) is 0 Å². The van der Waals surface area contributed by atoms with Gasteiger partial charge < -0.3 is 4.90 Å². The van der Waals surface area contributed by atoms with Crippen LogP contribution in [0, 0.1) is 21.8 Å². The Bertz CT molecular complexity index is 557. The average Bonchev–Trinajstić information content (AvgIpc) is 2.41. The number of halogens is 2. The molecule has 0 amide bonds. The summed E-state index contributed by atoms with van der Waals surface area (Å²) < 4.78 is 13.5. The predicted molar refractivity (Wildman–Crippen MR) is 73.7 cm³/mol. The van der Waals surface area contributed by atoms with Crippen molar-refractivity contribution in [3.63, 3.8) is 0 Å². The van der Waals surface area contributed by atoms with Gasteiger partial charge in [0.2, 0.25) is 0 Å². The summed E-state index contributed by atoms with van der Waals surface area (Å²) in [6, 6.07) is 2.12. The Balaban J connectivity index is 2.27. The van der Waals surface area contributed by atoms with Gasteiger partial charge in [0, 0.05) is 31.1 Å². The minimum absolute atomic E-state index is 0.0116. The molecule has 1 aliphatic rings. The summed E-state index contributed by atoms with van der Waals surface area (Å²) in [6.07, 6.45) is 1.24. The van der Waals surface area contributed by atoms with E-state index in [0.717, 1.165) is 12.1 Å². The Kier molecular flexibility index (Phi) is 4.23. The van der Waals surface area contributed by atoms with Crippen LogP contribution in [0.5, 0.6) is 0 Å². The molecule has 108 valence electrons. The van der Waals surface area contributed by atoms with Crippen molar-refractivity contribution in [3.05, 3.63) is 33.1 Å². The average molecular weight is 301 g/mol. The summed E-state index contributed by atoms with van der Waals surface area (Å²) >= 11 is 5.59. The Hall–Kier alpha value is -1.69. The molecule has 1 heterocycles. The first-order chi connectivity index (χ1) is 9.40.